The molecule has 3 amide bonds. The highest BCUT2D eigenvalue weighted by atomic mass is 16.4. The zero-order valence-corrected chi connectivity index (χ0v) is 9.83. The molecule has 18 heavy (non-hydrogen) atoms. The van der Waals surface area contributed by atoms with Gasteiger partial charge in [0.25, 0.3) is 0 Å². The summed E-state index contributed by atoms with van der Waals surface area (Å²) in [5.41, 5.74) is 5.16. The summed E-state index contributed by atoms with van der Waals surface area (Å²) in [5.74, 6) is -1.88. The summed E-state index contributed by atoms with van der Waals surface area (Å²) in [7, 11) is 0. The number of likely N-dealkylation sites (tertiary alicyclic amines) is 1. The number of nitrogens with two attached hydrogens (primary N) is 1. The molecule has 8 heteroatoms. The summed E-state index contributed by atoms with van der Waals surface area (Å²) in [6, 6.07) is -1.07. The van der Waals surface area contributed by atoms with Crippen molar-refractivity contribution in [3.63, 3.8) is 0 Å². The van der Waals surface area contributed by atoms with Crippen LogP contribution in [0.1, 0.15) is 19.3 Å². The van der Waals surface area contributed by atoms with Crippen molar-refractivity contribution in [3.8, 4) is 0 Å². The van der Waals surface area contributed by atoms with E-state index >= 15 is 0 Å². The van der Waals surface area contributed by atoms with E-state index in [2.05, 4.69) is 5.32 Å². The highest BCUT2D eigenvalue weighted by Crippen LogP contribution is 2.16. The Morgan fingerprint density at radius 1 is 1.44 bits per heavy atom. The van der Waals surface area contributed by atoms with Crippen molar-refractivity contribution in [1.82, 2.24) is 10.2 Å². The van der Waals surface area contributed by atoms with E-state index in [-0.39, 0.29) is 13.0 Å². The van der Waals surface area contributed by atoms with Gasteiger partial charge in [0.15, 0.2) is 6.10 Å². The quantitative estimate of drug-likeness (QED) is 0.476. The zero-order valence-electron chi connectivity index (χ0n) is 9.83. The minimum atomic E-state index is -1.50. The van der Waals surface area contributed by atoms with Crippen LogP contribution in [0.2, 0.25) is 0 Å². The van der Waals surface area contributed by atoms with Crippen LogP contribution in [0.25, 0.3) is 0 Å². The third-order valence-corrected chi connectivity index (χ3v) is 2.82. The van der Waals surface area contributed by atoms with Gasteiger partial charge in [-0.1, -0.05) is 0 Å². The van der Waals surface area contributed by atoms with Crippen LogP contribution in [0.4, 0.5) is 4.79 Å². The van der Waals surface area contributed by atoms with Crippen LogP contribution >= 0.6 is 0 Å². The number of carbonyl (C=O) groups excluding carboxylic acids is 2. The fraction of sp³-hybridized carbons (Fsp3) is 0.700. The molecule has 8 nitrogen and oxygen atoms in total. The average molecular weight is 259 g/mol. The maximum absolute atomic E-state index is 11.7. The van der Waals surface area contributed by atoms with E-state index in [1.807, 2.05) is 0 Å². The van der Waals surface area contributed by atoms with Crippen molar-refractivity contribution >= 4 is 17.9 Å². The Morgan fingerprint density at radius 3 is 2.67 bits per heavy atom. The molecule has 2 atom stereocenters. The molecule has 0 bridgehead atoms. The summed E-state index contributed by atoms with van der Waals surface area (Å²) >= 11 is 0. The van der Waals surface area contributed by atoms with Crippen molar-refractivity contribution in [2.24, 2.45) is 5.73 Å². The second-order valence-corrected chi connectivity index (χ2v) is 4.13. The number of nitrogens with one attached hydrogen (secondary N) is 1. The third-order valence-electron chi connectivity index (χ3n) is 2.82. The van der Waals surface area contributed by atoms with Crippen molar-refractivity contribution in [1.29, 1.82) is 0 Å². The Hall–Kier alpha value is -1.83. The van der Waals surface area contributed by atoms with Crippen molar-refractivity contribution in [3.05, 3.63) is 0 Å². The molecule has 1 aliphatic rings. The molecule has 1 saturated heterocycles. The summed E-state index contributed by atoms with van der Waals surface area (Å²) < 4.78 is 0. The van der Waals surface area contributed by atoms with Crippen LogP contribution in [0.5, 0.6) is 0 Å². The maximum Gasteiger partial charge on any atom is 0.332 e. The number of urea groups is 1. The minimum absolute atomic E-state index is 0.0221. The lowest BCUT2D eigenvalue weighted by atomic mass is 10.2. The van der Waals surface area contributed by atoms with Crippen molar-refractivity contribution in [2.45, 2.75) is 31.4 Å². The summed E-state index contributed by atoms with van der Waals surface area (Å²) in [6.07, 6.45) is -0.342. The van der Waals surface area contributed by atoms with Gasteiger partial charge in [0, 0.05) is 19.5 Å². The van der Waals surface area contributed by atoms with Gasteiger partial charge < -0.3 is 26.2 Å². The first-order valence-electron chi connectivity index (χ1n) is 5.68. The van der Waals surface area contributed by atoms with E-state index < -0.39 is 30.1 Å². The average Bonchev–Trinajstić information content (AvgIpc) is 2.77. The van der Waals surface area contributed by atoms with E-state index in [0.29, 0.717) is 19.4 Å². The monoisotopic (exact) mass is 259 g/mol. The Labute approximate surface area is 104 Å². The Balaban J connectivity index is 2.37. The molecule has 1 fully saturated rings. The molecule has 0 saturated carbocycles. The number of hydrogen-bond acceptors (Lipinski definition) is 4. The topological polar surface area (TPSA) is 133 Å². The molecule has 0 aromatic carbocycles. The number of carboxylic acid groups (broad SMARTS) is 1. The molecular weight excluding hydrogens is 242 g/mol. The minimum Gasteiger partial charge on any atom is -0.479 e. The second-order valence-electron chi connectivity index (χ2n) is 4.13. The SMILES string of the molecule is NC(=O)C1CCCN1C(=O)NCC[C@H](O)C(=O)O. The lowest BCUT2D eigenvalue weighted by molar-refractivity contribution is -0.146. The smallest absolute Gasteiger partial charge is 0.332 e. The summed E-state index contributed by atoms with van der Waals surface area (Å²) in [5, 5.41) is 19.9. The van der Waals surface area contributed by atoms with Gasteiger partial charge in [0.1, 0.15) is 6.04 Å². The molecule has 1 rings (SSSR count). The highest BCUT2D eigenvalue weighted by Gasteiger charge is 2.32. The molecule has 0 aromatic heterocycles. The number of rotatable bonds is 5. The molecule has 5 N–H and O–H groups in total. The van der Waals surface area contributed by atoms with Gasteiger partial charge in [-0.25, -0.2) is 9.59 Å². The normalized spacial score (nSPS) is 20.5. The zero-order chi connectivity index (χ0) is 13.7. The first-order chi connectivity index (χ1) is 8.43. The molecule has 0 aliphatic carbocycles. The largest absolute Gasteiger partial charge is 0.479 e. The van der Waals surface area contributed by atoms with Crippen LogP contribution in [0.15, 0.2) is 0 Å². The Morgan fingerprint density at radius 2 is 2.11 bits per heavy atom. The predicted molar refractivity (Wildman–Crippen MR) is 60.6 cm³/mol. The van der Waals surface area contributed by atoms with Gasteiger partial charge in [-0.15, -0.1) is 0 Å². The standard InChI is InChI=1S/C10H17N3O5/c11-8(15)6-2-1-5-13(6)10(18)12-4-3-7(14)9(16)17/h6-7,14H,1-5H2,(H2,11,15)(H,12,18)(H,16,17)/t6?,7-/m0/s1. The Bertz CT molecular complexity index is 346. The van der Waals surface area contributed by atoms with E-state index in [4.69, 9.17) is 15.9 Å². The van der Waals surface area contributed by atoms with Gasteiger partial charge >= 0.3 is 12.0 Å². The number of nitrogens with zero attached hydrogens (tertiary/aromatic N) is 1. The van der Waals surface area contributed by atoms with Crippen LogP contribution in [0, 0.1) is 0 Å². The van der Waals surface area contributed by atoms with E-state index in [1.54, 1.807) is 0 Å². The summed E-state index contributed by atoms with van der Waals surface area (Å²) in [6.45, 7) is 0.467. The number of aliphatic hydroxyl groups is 1. The Kier molecular flexibility index (Phi) is 4.90. The fourth-order valence-electron chi connectivity index (χ4n) is 1.85. The second kappa shape index (κ2) is 6.20. The first-order valence-corrected chi connectivity index (χ1v) is 5.68. The van der Waals surface area contributed by atoms with Gasteiger partial charge in [0.2, 0.25) is 5.91 Å². The number of primary amides is 1. The maximum atomic E-state index is 11.7. The molecule has 1 unspecified atom stereocenters. The highest BCUT2D eigenvalue weighted by molar-refractivity contribution is 5.86. The van der Waals surface area contributed by atoms with Crippen molar-refractivity contribution in [2.75, 3.05) is 13.1 Å². The fourth-order valence-corrected chi connectivity index (χ4v) is 1.85. The van der Waals surface area contributed by atoms with Crippen LogP contribution < -0.4 is 11.1 Å². The van der Waals surface area contributed by atoms with Crippen LogP contribution in [-0.4, -0.2) is 58.3 Å². The molecule has 0 radical (unpaired) electrons. The third kappa shape index (κ3) is 3.59. The van der Waals surface area contributed by atoms with E-state index in [0.717, 1.165) is 0 Å². The number of carbonyl (C=O) groups is 3. The number of hydrogen-bond donors (Lipinski definition) is 4. The molecule has 0 spiro atoms. The molecule has 1 heterocycles. The number of aliphatic carboxylic acids is 1. The summed E-state index contributed by atoms with van der Waals surface area (Å²) in [4.78, 5) is 34.4. The lowest BCUT2D eigenvalue weighted by Gasteiger charge is -2.22. The van der Waals surface area contributed by atoms with Gasteiger partial charge in [-0.3, -0.25) is 4.79 Å². The van der Waals surface area contributed by atoms with Crippen LogP contribution in [-0.2, 0) is 9.59 Å². The number of carboxylic acids is 1. The molecule has 0 aromatic rings. The van der Waals surface area contributed by atoms with Gasteiger partial charge in [0.05, 0.1) is 0 Å². The van der Waals surface area contributed by atoms with Crippen molar-refractivity contribution < 1.29 is 24.6 Å². The predicted octanol–water partition coefficient (Wildman–Crippen LogP) is -1.52. The first kappa shape index (κ1) is 14.2. The number of amides is 3. The van der Waals surface area contributed by atoms with E-state index in [1.165, 1.54) is 4.90 Å². The molecule has 1 aliphatic heterocycles. The number of aliphatic hydroxyl groups excluding tert-OH is 1. The molecule has 102 valence electrons. The lowest BCUT2D eigenvalue weighted by Crippen LogP contribution is -2.48. The van der Waals surface area contributed by atoms with Crippen LogP contribution in [0.3, 0.4) is 0 Å². The van der Waals surface area contributed by atoms with Gasteiger partial charge in [-0.05, 0) is 12.8 Å². The molecular formula is C10H17N3O5. The van der Waals surface area contributed by atoms with Gasteiger partial charge in [-0.2, -0.15) is 0 Å². The van der Waals surface area contributed by atoms with E-state index in [9.17, 15) is 14.4 Å².